The van der Waals surface area contributed by atoms with Crippen LogP contribution in [-0.2, 0) is 6.18 Å². The Kier molecular flexibility index (Phi) is 3.90. The van der Waals surface area contributed by atoms with Crippen molar-refractivity contribution in [3.8, 4) is 0 Å². The van der Waals surface area contributed by atoms with E-state index in [2.05, 4.69) is 22.2 Å². The van der Waals surface area contributed by atoms with Gasteiger partial charge in [-0.1, -0.05) is 31.4 Å². The summed E-state index contributed by atoms with van der Waals surface area (Å²) in [5.41, 5.74) is 0.121. The normalized spacial score (nSPS) is 18.6. The molecule has 1 aromatic heterocycles. The number of aromatic nitrogens is 2. The molecule has 3 nitrogen and oxygen atoms in total. The maximum Gasteiger partial charge on any atom is 0.451 e. The second kappa shape index (κ2) is 5.15. The Morgan fingerprint density at radius 3 is 2.53 bits per heavy atom. The number of hydrogen-bond acceptors (Lipinski definition) is 3. The molecule has 2 rings (SSSR count). The Bertz CT molecular complexity index is 456. The lowest BCUT2D eigenvalue weighted by atomic mass is 9.89. The van der Waals surface area contributed by atoms with Crippen LogP contribution >= 0.6 is 11.6 Å². The second-order valence-electron chi connectivity index (χ2n) is 5.27. The van der Waals surface area contributed by atoms with Crippen LogP contribution in [0.2, 0.25) is 5.15 Å². The monoisotopic (exact) mass is 293 g/mol. The van der Waals surface area contributed by atoms with Crippen LogP contribution in [0.3, 0.4) is 0 Å². The van der Waals surface area contributed by atoms with Gasteiger partial charge in [-0.25, -0.2) is 9.97 Å². The lowest BCUT2D eigenvalue weighted by Crippen LogP contribution is -2.24. The maximum atomic E-state index is 12.6. The molecule has 0 bridgehead atoms. The molecule has 0 spiro atoms. The van der Waals surface area contributed by atoms with Crippen molar-refractivity contribution in [3.05, 3.63) is 17.0 Å². The Hall–Kier alpha value is -1.04. The lowest BCUT2D eigenvalue weighted by molar-refractivity contribution is -0.144. The quantitative estimate of drug-likeness (QED) is 0.851. The summed E-state index contributed by atoms with van der Waals surface area (Å²) in [6.45, 7) is 2.72. The zero-order chi connectivity index (χ0) is 14.1. The van der Waals surface area contributed by atoms with Gasteiger partial charge in [-0.05, 0) is 18.3 Å². The van der Waals surface area contributed by atoms with E-state index in [9.17, 15) is 13.2 Å². The van der Waals surface area contributed by atoms with E-state index in [0.717, 1.165) is 25.7 Å². The highest BCUT2D eigenvalue weighted by Crippen LogP contribution is 2.37. The first-order chi connectivity index (χ1) is 8.78. The van der Waals surface area contributed by atoms with E-state index in [1.54, 1.807) is 0 Å². The van der Waals surface area contributed by atoms with Crippen molar-refractivity contribution >= 4 is 17.4 Å². The zero-order valence-corrected chi connectivity index (χ0v) is 11.3. The molecule has 0 atom stereocenters. The third-order valence-electron chi connectivity index (χ3n) is 3.46. The average Bonchev–Trinajstić information content (AvgIpc) is 2.72. The van der Waals surface area contributed by atoms with Gasteiger partial charge in [0.15, 0.2) is 0 Å². The molecule has 1 N–H and O–H groups in total. The summed E-state index contributed by atoms with van der Waals surface area (Å²) in [7, 11) is 0. The van der Waals surface area contributed by atoms with Gasteiger partial charge in [0.1, 0.15) is 11.0 Å². The number of alkyl halides is 3. The minimum atomic E-state index is -4.58. The van der Waals surface area contributed by atoms with E-state index >= 15 is 0 Å². The summed E-state index contributed by atoms with van der Waals surface area (Å²) in [6.07, 6.45) is -0.110. The van der Waals surface area contributed by atoms with Crippen LogP contribution in [-0.4, -0.2) is 16.5 Å². The summed E-state index contributed by atoms with van der Waals surface area (Å²) in [5, 5.41) is 2.74. The van der Waals surface area contributed by atoms with Crippen molar-refractivity contribution in [2.45, 2.75) is 38.8 Å². The number of anilines is 1. The summed E-state index contributed by atoms with van der Waals surface area (Å²) in [4.78, 5) is 6.66. The van der Waals surface area contributed by atoms with Crippen LogP contribution < -0.4 is 5.32 Å². The molecule has 1 fully saturated rings. The fourth-order valence-electron chi connectivity index (χ4n) is 2.34. The highest BCUT2D eigenvalue weighted by molar-refractivity contribution is 6.29. The zero-order valence-electron chi connectivity index (χ0n) is 10.5. The third kappa shape index (κ3) is 3.72. The molecule has 0 aromatic carbocycles. The van der Waals surface area contributed by atoms with Gasteiger partial charge >= 0.3 is 6.18 Å². The second-order valence-corrected chi connectivity index (χ2v) is 5.66. The van der Waals surface area contributed by atoms with E-state index in [1.807, 2.05) is 0 Å². The Morgan fingerprint density at radius 2 is 1.95 bits per heavy atom. The SMILES string of the molecule is CC1(CNc2cc(Cl)nc(C(F)(F)F)n2)CCCC1. The molecule has 0 aliphatic heterocycles. The first kappa shape index (κ1) is 14.4. The fourth-order valence-corrected chi connectivity index (χ4v) is 2.53. The highest BCUT2D eigenvalue weighted by atomic mass is 35.5. The number of nitrogens with zero attached hydrogens (tertiary/aromatic N) is 2. The molecule has 0 radical (unpaired) electrons. The van der Waals surface area contributed by atoms with Crippen LogP contribution in [0.25, 0.3) is 0 Å². The molecule has 0 amide bonds. The van der Waals surface area contributed by atoms with Crippen molar-refractivity contribution in [3.63, 3.8) is 0 Å². The summed E-state index contributed by atoms with van der Waals surface area (Å²) in [6, 6.07) is 1.31. The van der Waals surface area contributed by atoms with Crippen LogP contribution in [0.5, 0.6) is 0 Å². The topological polar surface area (TPSA) is 37.8 Å². The molecule has 1 heterocycles. The molecule has 1 aliphatic carbocycles. The minimum absolute atomic E-state index is 0.121. The summed E-state index contributed by atoms with van der Waals surface area (Å²) < 4.78 is 37.7. The summed E-state index contributed by atoms with van der Waals surface area (Å²) in [5.74, 6) is -1.08. The van der Waals surface area contributed by atoms with Crippen molar-refractivity contribution < 1.29 is 13.2 Å². The highest BCUT2D eigenvalue weighted by Gasteiger charge is 2.35. The molecule has 1 aliphatic rings. The van der Waals surface area contributed by atoms with Gasteiger partial charge < -0.3 is 5.32 Å². The molecule has 19 heavy (non-hydrogen) atoms. The van der Waals surface area contributed by atoms with Gasteiger partial charge in [0.25, 0.3) is 0 Å². The molecule has 106 valence electrons. The Morgan fingerprint density at radius 1 is 1.32 bits per heavy atom. The molecule has 0 saturated heterocycles. The number of rotatable bonds is 3. The van der Waals surface area contributed by atoms with Gasteiger partial charge in [-0.15, -0.1) is 0 Å². The largest absolute Gasteiger partial charge is 0.451 e. The number of halogens is 4. The van der Waals surface area contributed by atoms with E-state index in [1.165, 1.54) is 6.07 Å². The van der Waals surface area contributed by atoms with Gasteiger partial charge in [0, 0.05) is 12.6 Å². The fraction of sp³-hybridized carbons (Fsp3) is 0.667. The van der Waals surface area contributed by atoms with Crippen molar-refractivity contribution in [2.24, 2.45) is 5.41 Å². The van der Waals surface area contributed by atoms with Crippen LogP contribution in [0, 0.1) is 5.41 Å². The van der Waals surface area contributed by atoms with Crippen LogP contribution in [0.15, 0.2) is 6.07 Å². The molecule has 0 unspecified atom stereocenters. The third-order valence-corrected chi connectivity index (χ3v) is 3.65. The molecular weight excluding hydrogens is 279 g/mol. The Labute approximate surface area is 114 Å². The molecular formula is C12H15ClF3N3. The van der Waals surface area contributed by atoms with Gasteiger partial charge in [0.2, 0.25) is 5.82 Å². The van der Waals surface area contributed by atoms with Gasteiger partial charge in [0.05, 0.1) is 0 Å². The number of nitrogens with one attached hydrogen (secondary N) is 1. The first-order valence-corrected chi connectivity index (χ1v) is 6.52. The molecule has 1 saturated carbocycles. The van der Waals surface area contributed by atoms with Crippen LogP contribution in [0.1, 0.15) is 38.4 Å². The van der Waals surface area contributed by atoms with E-state index in [4.69, 9.17) is 11.6 Å². The van der Waals surface area contributed by atoms with E-state index in [-0.39, 0.29) is 16.4 Å². The lowest BCUT2D eigenvalue weighted by Gasteiger charge is -2.24. The van der Waals surface area contributed by atoms with Crippen molar-refractivity contribution in [1.29, 1.82) is 0 Å². The molecule has 1 aromatic rings. The van der Waals surface area contributed by atoms with Gasteiger partial charge in [-0.2, -0.15) is 13.2 Å². The molecule has 7 heteroatoms. The van der Waals surface area contributed by atoms with Crippen molar-refractivity contribution in [1.82, 2.24) is 9.97 Å². The Balaban J connectivity index is 2.10. The predicted octanol–water partition coefficient (Wildman–Crippen LogP) is 4.14. The average molecular weight is 294 g/mol. The number of hydrogen-bond donors (Lipinski definition) is 1. The smallest absolute Gasteiger partial charge is 0.369 e. The van der Waals surface area contributed by atoms with E-state index < -0.39 is 12.0 Å². The minimum Gasteiger partial charge on any atom is -0.369 e. The van der Waals surface area contributed by atoms with E-state index in [0.29, 0.717) is 6.54 Å². The van der Waals surface area contributed by atoms with Gasteiger partial charge in [-0.3, -0.25) is 0 Å². The summed E-state index contributed by atoms with van der Waals surface area (Å²) >= 11 is 5.60. The standard InChI is InChI=1S/C12H15ClF3N3/c1-11(4-2-3-5-11)7-17-9-6-8(13)18-10(19-9)12(14,15)16/h6H,2-5,7H2,1H3,(H,17,18,19). The first-order valence-electron chi connectivity index (χ1n) is 6.14. The van der Waals surface area contributed by atoms with Crippen molar-refractivity contribution in [2.75, 3.05) is 11.9 Å². The predicted molar refractivity (Wildman–Crippen MR) is 67.1 cm³/mol. The van der Waals surface area contributed by atoms with Crippen LogP contribution in [0.4, 0.5) is 19.0 Å². The maximum absolute atomic E-state index is 12.6.